The van der Waals surface area contributed by atoms with E-state index in [-0.39, 0.29) is 18.1 Å². The molecule has 0 atom stereocenters. The topological polar surface area (TPSA) is 122 Å². The molecular weight excluding hydrogens is 463 g/mol. The van der Waals surface area contributed by atoms with Crippen molar-refractivity contribution in [3.63, 3.8) is 0 Å². The number of nitriles is 1. The molecule has 182 valence electrons. The van der Waals surface area contributed by atoms with Gasteiger partial charge in [0.15, 0.2) is 5.65 Å². The number of anilines is 1. The number of ether oxygens (including phenoxy) is 1. The van der Waals surface area contributed by atoms with E-state index in [1.165, 1.54) is 18.3 Å². The van der Waals surface area contributed by atoms with Gasteiger partial charge in [0.2, 0.25) is 5.95 Å². The minimum Gasteiger partial charge on any atom is -0.385 e. The fraction of sp³-hybridized carbons (Fsp3) is 0.192. The molecule has 0 aliphatic heterocycles. The second-order valence-corrected chi connectivity index (χ2v) is 7.92. The first-order valence-electron chi connectivity index (χ1n) is 11.2. The molecule has 0 bridgehead atoms. The number of carbonyl (C=O) groups excluding carboxylic acids is 2. The van der Waals surface area contributed by atoms with Crippen molar-refractivity contribution in [1.82, 2.24) is 19.9 Å². The summed E-state index contributed by atoms with van der Waals surface area (Å²) in [7, 11) is 1.60. The highest BCUT2D eigenvalue weighted by Gasteiger charge is 2.18. The third-order valence-corrected chi connectivity index (χ3v) is 5.45. The molecule has 0 aliphatic carbocycles. The van der Waals surface area contributed by atoms with Gasteiger partial charge in [0, 0.05) is 44.1 Å². The summed E-state index contributed by atoms with van der Waals surface area (Å²) in [5.74, 6) is -1.01. The zero-order valence-corrected chi connectivity index (χ0v) is 19.5. The van der Waals surface area contributed by atoms with Crippen molar-refractivity contribution >= 4 is 28.9 Å². The van der Waals surface area contributed by atoms with Crippen LogP contribution < -0.4 is 10.6 Å². The molecule has 2 amide bonds. The van der Waals surface area contributed by atoms with E-state index in [4.69, 9.17) is 10.00 Å². The van der Waals surface area contributed by atoms with Crippen LogP contribution >= 0.6 is 0 Å². The molecule has 0 unspecified atom stereocenters. The van der Waals surface area contributed by atoms with Crippen LogP contribution in [-0.2, 0) is 17.8 Å². The van der Waals surface area contributed by atoms with E-state index in [0.717, 1.165) is 0 Å². The highest BCUT2D eigenvalue weighted by Crippen LogP contribution is 2.21. The molecule has 4 aromatic rings. The lowest BCUT2D eigenvalue weighted by molar-refractivity contribution is 0.0949. The average molecular weight is 487 g/mol. The number of rotatable bonds is 9. The monoisotopic (exact) mass is 486 g/mol. The van der Waals surface area contributed by atoms with E-state index in [0.29, 0.717) is 47.4 Å². The molecule has 0 saturated carbocycles. The largest absolute Gasteiger partial charge is 0.385 e. The smallest absolute Gasteiger partial charge is 0.258 e. The minimum absolute atomic E-state index is 0.0259. The third kappa shape index (κ3) is 5.54. The van der Waals surface area contributed by atoms with E-state index in [9.17, 15) is 14.0 Å². The predicted molar refractivity (Wildman–Crippen MR) is 131 cm³/mol. The van der Waals surface area contributed by atoms with E-state index in [2.05, 4.69) is 20.6 Å². The Bertz CT molecular complexity index is 1460. The maximum absolute atomic E-state index is 13.9. The second kappa shape index (κ2) is 11.2. The Hall–Kier alpha value is -4.62. The van der Waals surface area contributed by atoms with Gasteiger partial charge >= 0.3 is 0 Å². The molecule has 4 rings (SSSR count). The molecular formula is C26H23FN6O3. The third-order valence-electron chi connectivity index (χ3n) is 5.45. The fourth-order valence-corrected chi connectivity index (χ4v) is 3.63. The number of nitrogens with zero attached hydrogens (tertiary/aromatic N) is 4. The lowest BCUT2D eigenvalue weighted by Crippen LogP contribution is -2.23. The molecule has 10 heteroatoms. The van der Waals surface area contributed by atoms with Gasteiger partial charge in [-0.25, -0.2) is 14.4 Å². The van der Waals surface area contributed by atoms with Gasteiger partial charge < -0.3 is 10.1 Å². The highest BCUT2D eigenvalue weighted by molar-refractivity contribution is 6.04. The van der Waals surface area contributed by atoms with Crippen LogP contribution in [0, 0.1) is 17.1 Å². The standard InChI is InChI=1S/C26H23FN6O3/c1-36-11-5-10-33-23-22(31-26(33)32-25(35)18-8-4-6-17(12-18)14-28)13-20(16-29-23)24(34)30-15-19-7-2-3-9-21(19)27/h2-4,6-9,12-13,16H,5,10-11,15H2,1H3,(H,30,34)(H,31,32,35). The molecule has 0 spiro atoms. The predicted octanol–water partition coefficient (Wildman–Crippen LogP) is 3.66. The number of amides is 2. The SMILES string of the molecule is COCCCn1c(NC(=O)c2cccc(C#N)c2)nc2cc(C(=O)NCc3ccccc3F)cnc21. The lowest BCUT2D eigenvalue weighted by Gasteiger charge is -2.10. The average Bonchev–Trinajstić information content (AvgIpc) is 3.24. The molecule has 36 heavy (non-hydrogen) atoms. The first kappa shape index (κ1) is 24.5. The van der Waals surface area contributed by atoms with Crippen molar-refractivity contribution in [3.8, 4) is 6.07 Å². The molecule has 2 heterocycles. The number of fused-ring (bicyclic) bond motifs is 1. The molecule has 0 saturated heterocycles. The van der Waals surface area contributed by atoms with E-state index >= 15 is 0 Å². The summed E-state index contributed by atoms with van der Waals surface area (Å²) in [4.78, 5) is 34.4. The Labute approximate surface area is 206 Å². The molecule has 0 aliphatic rings. The van der Waals surface area contributed by atoms with Gasteiger partial charge in [0.05, 0.1) is 17.2 Å². The van der Waals surface area contributed by atoms with Crippen LogP contribution in [0.2, 0.25) is 0 Å². The minimum atomic E-state index is -0.432. The van der Waals surface area contributed by atoms with Gasteiger partial charge in [0.25, 0.3) is 11.8 Å². The first-order valence-corrected chi connectivity index (χ1v) is 11.2. The number of aryl methyl sites for hydroxylation is 1. The van der Waals surface area contributed by atoms with Gasteiger partial charge in [-0.15, -0.1) is 0 Å². The normalized spacial score (nSPS) is 10.7. The van der Waals surface area contributed by atoms with Crippen molar-refractivity contribution in [2.75, 3.05) is 19.0 Å². The van der Waals surface area contributed by atoms with Crippen molar-refractivity contribution in [1.29, 1.82) is 5.26 Å². The van der Waals surface area contributed by atoms with Crippen molar-refractivity contribution in [3.05, 3.63) is 88.9 Å². The van der Waals surface area contributed by atoms with Crippen LogP contribution in [0.15, 0.2) is 60.8 Å². The zero-order valence-electron chi connectivity index (χ0n) is 19.5. The fourth-order valence-electron chi connectivity index (χ4n) is 3.63. The summed E-state index contributed by atoms with van der Waals surface area (Å²) in [5, 5.41) is 14.6. The second-order valence-electron chi connectivity index (χ2n) is 7.92. The number of carbonyl (C=O) groups is 2. The van der Waals surface area contributed by atoms with Crippen molar-refractivity contribution in [2.24, 2.45) is 0 Å². The number of hydrogen-bond donors (Lipinski definition) is 2. The number of imidazole rings is 1. The van der Waals surface area contributed by atoms with E-state index in [1.54, 1.807) is 54.1 Å². The number of benzene rings is 2. The summed E-state index contributed by atoms with van der Waals surface area (Å²) in [5.41, 5.74) is 2.19. The van der Waals surface area contributed by atoms with Gasteiger partial charge in [0.1, 0.15) is 11.3 Å². The maximum atomic E-state index is 13.9. The van der Waals surface area contributed by atoms with Gasteiger partial charge in [-0.05, 0) is 36.8 Å². The number of methoxy groups -OCH3 is 1. The van der Waals surface area contributed by atoms with Crippen LogP contribution in [-0.4, -0.2) is 40.1 Å². The molecule has 0 fully saturated rings. The summed E-state index contributed by atoms with van der Waals surface area (Å²) in [6, 6.07) is 16.1. The number of aromatic nitrogens is 3. The molecule has 2 aromatic carbocycles. The van der Waals surface area contributed by atoms with Crippen LogP contribution in [0.25, 0.3) is 11.2 Å². The molecule has 2 N–H and O–H groups in total. The highest BCUT2D eigenvalue weighted by atomic mass is 19.1. The van der Waals surface area contributed by atoms with Crippen molar-refractivity contribution < 1.29 is 18.7 Å². The number of nitrogens with one attached hydrogen (secondary N) is 2. The number of hydrogen-bond acceptors (Lipinski definition) is 6. The van der Waals surface area contributed by atoms with Crippen LogP contribution in [0.5, 0.6) is 0 Å². The molecule has 9 nitrogen and oxygen atoms in total. The summed E-state index contributed by atoms with van der Waals surface area (Å²) in [6.45, 7) is 0.982. The molecule has 0 radical (unpaired) electrons. The van der Waals surface area contributed by atoms with E-state index < -0.39 is 17.6 Å². The summed E-state index contributed by atoms with van der Waals surface area (Å²) < 4.78 is 20.7. The van der Waals surface area contributed by atoms with Crippen LogP contribution in [0.3, 0.4) is 0 Å². The quantitative estimate of drug-likeness (QED) is 0.348. The summed E-state index contributed by atoms with van der Waals surface area (Å²) >= 11 is 0. The van der Waals surface area contributed by atoms with Gasteiger partial charge in [-0.1, -0.05) is 24.3 Å². The lowest BCUT2D eigenvalue weighted by atomic mass is 10.1. The number of pyridine rings is 1. The van der Waals surface area contributed by atoms with E-state index in [1.807, 2.05) is 6.07 Å². The van der Waals surface area contributed by atoms with Gasteiger partial charge in [-0.3, -0.25) is 19.5 Å². The Kier molecular flexibility index (Phi) is 7.63. The first-order chi connectivity index (χ1) is 17.5. The number of halogens is 1. The molecule has 2 aromatic heterocycles. The Morgan fingerprint density at radius 2 is 1.94 bits per heavy atom. The van der Waals surface area contributed by atoms with Crippen molar-refractivity contribution in [2.45, 2.75) is 19.5 Å². The van der Waals surface area contributed by atoms with Crippen LogP contribution in [0.1, 0.15) is 38.3 Å². The Morgan fingerprint density at radius 1 is 1.11 bits per heavy atom. The van der Waals surface area contributed by atoms with Gasteiger partial charge in [-0.2, -0.15) is 5.26 Å². The Balaban J connectivity index is 1.59. The van der Waals surface area contributed by atoms with Crippen LogP contribution in [0.4, 0.5) is 10.3 Å². The maximum Gasteiger partial charge on any atom is 0.258 e. The Morgan fingerprint density at radius 3 is 2.72 bits per heavy atom. The summed E-state index contributed by atoms with van der Waals surface area (Å²) in [6.07, 6.45) is 2.05. The zero-order chi connectivity index (χ0) is 25.5.